The third kappa shape index (κ3) is 3.55. The molecule has 0 amide bonds. The maximum absolute atomic E-state index is 5.61. The fourth-order valence-corrected chi connectivity index (χ4v) is 1.36. The van der Waals surface area contributed by atoms with E-state index < -0.39 is 0 Å². The first kappa shape index (κ1) is 11.3. The summed E-state index contributed by atoms with van der Waals surface area (Å²) in [6.07, 6.45) is 0. The van der Waals surface area contributed by atoms with E-state index in [9.17, 15) is 0 Å². The third-order valence-electron chi connectivity index (χ3n) is 1.35. The van der Waals surface area contributed by atoms with Crippen LogP contribution in [-0.2, 0) is 0 Å². The van der Waals surface area contributed by atoms with E-state index in [1.54, 1.807) is 12.1 Å². The summed E-state index contributed by atoms with van der Waals surface area (Å²) in [6.45, 7) is 6.09. The zero-order chi connectivity index (χ0) is 10.8. The fourth-order valence-electron chi connectivity index (χ4n) is 0.842. The van der Waals surface area contributed by atoms with E-state index in [4.69, 9.17) is 23.8 Å². The van der Waals surface area contributed by atoms with E-state index in [0.717, 1.165) is 0 Å². The van der Waals surface area contributed by atoms with E-state index in [1.165, 1.54) is 0 Å². The second-order valence-corrected chi connectivity index (χ2v) is 4.74. The molecule has 1 aromatic rings. The fraction of sp³-hybridized carbons (Fsp3) is 0.444. The first-order valence-corrected chi connectivity index (χ1v) is 4.99. The number of nitrogens with zero attached hydrogens (tertiary/aromatic N) is 2. The maximum atomic E-state index is 5.61. The molecule has 1 N–H and O–H groups in total. The van der Waals surface area contributed by atoms with Gasteiger partial charge in [-0.05, 0) is 32.9 Å². The normalized spacial score (nSPS) is 11.1. The van der Waals surface area contributed by atoms with Gasteiger partial charge in [-0.1, -0.05) is 23.8 Å². The average Bonchev–Trinajstić information content (AvgIpc) is 2.02. The van der Waals surface area contributed by atoms with Crippen LogP contribution >= 0.6 is 23.8 Å². The van der Waals surface area contributed by atoms with E-state index in [-0.39, 0.29) is 5.54 Å². The highest BCUT2D eigenvalue weighted by Gasteiger charge is 2.13. The zero-order valence-corrected chi connectivity index (χ0v) is 9.91. The molecule has 0 saturated carbocycles. The molecular formula is C9H12ClN3S. The van der Waals surface area contributed by atoms with Crippen molar-refractivity contribution in [2.75, 3.05) is 0 Å². The largest absolute Gasteiger partial charge is 0.370 e. The van der Waals surface area contributed by atoms with Gasteiger partial charge in [0.1, 0.15) is 10.7 Å². The minimum atomic E-state index is -0.0710. The molecule has 0 unspecified atom stereocenters. The van der Waals surface area contributed by atoms with Crippen LogP contribution in [0.2, 0.25) is 5.15 Å². The van der Waals surface area contributed by atoms with Crippen LogP contribution in [-0.4, -0.2) is 20.7 Å². The monoisotopic (exact) mass is 229 g/mol. The number of nitrogens with one attached hydrogen (secondary N) is 1. The summed E-state index contributed by atoms with van der Waals surface area (Å²) in [6, 6.07) is 3.41. The first-order chi connectivity index (χ1) is 6.38. The quantitative estimate of drug-likeness (QED) is 0.750. The second kappa shape index (κ2) is 4.19. The standard InChI is InChI=1S/C9H12ClN3S/c1-9(2,3)11-8(14)6-4-5-7(10)13-12-6/h4-5H,1-3H3,(H,11,14). The lowest BCUT2D eigenvalue weighted by Crippen LogP contribution is -2.40. The van der Waals surface area contributed by atoms with Crippen molar-refractivity contribution < 1.29 is 0 Å². The Bertz CT molecular complexity index is 329. The Kier molecular flexibility index (Phi) is 3.39. The van der Waals surface area contributed by atoms with Crippen molar-refractivity contribution in [2.45, 2.75) is 26.3 Å². The predicted octanol–water partition coefficient (Wildman–Crippen LogP) is 2.19. The SMILES string of the molecule is CC(C)(C)NC(=S)c1ccc(Cl)nn1. The summed E-state index contributed by atoms with van der Waals surface area (Å²) in [4.78, 5) is 0.585. The minimum absolute atomic E-state index is 0.0710. The van der Waals surface area contributed by atoms with E-state index in [1.807, 2.05) is 20.8 Å². The number of aromatic nitrogens is 2. The number of hydrogen-bond acceptors (Lipinski definition) is 3. The average molecular weight is 230 g/mol. The molecule has 0 saturated heterocycles. The Morgan fingerprint density at radius 2 is 2.00 bits per heavy atom. The van der Waals surface area contributed by atoms with Gasteiger partial charge >= 0.3 is 0 Å². The van der Waals surface area contributed by atoms with Gasteiger partial charge in [0, 0.05) is 5.54 Å². The van der Waals surface area contributed by atoms with Crippen LogP contribution in [0.5, 0.6) is 0 Å². The van der Waals surface area contributed by atoms with E-state index in [0.29, 0.717) is 15.8 Å². The van der Waals surface area contributed by atoms with Gasteiger partial charge in [-0.2, -0.15) is 0 Å². The van der Waals surface area contributed by atoms with Crippen LogP contribution in [0.4, 0.5) is 0 Å². The summed E-state index contributed by atoms with van der Waals surface area (Å²) < 4.78 is 0. The van der Waals surface area contributed by atoms with E-state index in [2.05, 4.69) is 15.5 Å². The van der Waals surface area contributed by atoms with Crippen LogP contribution in [0.1, 0.15) is 26.5 Å². The summed E-state index contributed by atoms with van der Waals surface area (Å²) in [5.74, 6) is 0. The van der Waals surface area contributed by atoms with Crippen molar-refractivity contribution in [1.82, 2.24) is 15.5 Å². The Morgan fingerprint density at radius 1 is 1.36 bits per heavy atom. The zero-order valence-electron chi connectivity index (χ0n) is 8.34. The minimum Gasteiger partial charge on any atom is -0.370 e. The second-order valence-electron chi connectivity index (χ2n) is 3.95. The van der Waals surface area contributed by atoms with Crippen molar-refractivity contribution in [2.24, 2.45) is 0 Å². The predicted molar refractivity (Wildman–Crippen MR) is 61.6 cm³/mol. The summed E-state index contributed by atoms with van der Waals surface area (Å²) in [5, 5.41) is 11.1. The van der Waals surface area contributed by atoms with Crippen LogP contribution in [0.25, 0.3) is 0 Å². The van der Waals surface area contributed by atoms with Gasteiger partial charge in [0.25, 0.3) is 0 Å². The molecule has 1 aromatic heterocycles. The Morgan fingerprint density at radius 3 is 2.43 bits per heavy atom. The molecule has 0 aromatic carbocycles. The van der Waals surface area contributed by atoms with Gasteiger partial charge in [0.15, 0.2) is 5.15 Å². The number of hydrogen-bond donors (Lipinski definition) is 1. The lowest BCUT2D eigenvalue weighted by Gasteiger charge is -2.21. The molecule has 0 aliphatic rings. The number of thiocarbonyl (C=S) groups is 1. The van der Waals surface area contributed by atoms with Crippen molar-refractivity contribution in [3.63, 3.8) is 0 Å². The highest BCUT2D eigenvalue weighted by Crippen LogP contribution is 2.05. The van der Waals surface area contributed by atoms with Gasteiger partial charge < -0.3 is 5.32 Å². The number of halogens is 1. The lowest BCUT2D eigenvalue weighted by molar-refractivity contribution is 0.515. The van der Waals surface area contributed by atoms with Crippen LogP contribution in [0, 0.1) is 0 Å². The molecule has 76 valence electrons. The molecule has 0 fully saturated rings. The van der Waals surface area contributed by atoms with Crippen LogP contribution in [0.3, 0.4) is 0 Å². The summed E-state index contributed by atoms with van der Waals surface area (Å²) in [5.41, 5.74) is 0.567. The van der Waals surface area contributed by atoms with Crippen LogP contribution in [0.15, 0.2) is 12.1 Å². The topological polar surface area (TPSA) is 37.8 Å². The molecule has 14 heavy (non-hydrogen) atoms. The summed E-state index contributed by atoms with van der Waals surface area (Å²) in [7, 11) is 0. The van der Waals surface area contributed by atoms with Gasteiger partial charge in [-0.25, -0.2) is 0 Å². The lowest BCUT2D eigenvalue weighted by atomic mass is 10.1. The molecular weight excluding hydrogens is 218 g/mol. The Hall–Kier alpha value is -0.740. The van der Waals surface area contributed by atoms with Crippen molar-refractivity contribution >= 4 is 28.8 Å². The molecule has 1 heterocycles. The van der Waals surface area contributed by atoms with Crippen molar-refractivity contribution in [1.29, 1.82) is 0 Å². The smallest absolute Gasteiger partial charge is 0.151 e. The van der Waals surface area contributed by atoms with Gasteiger partial charge in [-0.3, -0.25) is 0 Å². The van der Waals surface area contributed by atoms with Gasteiger partial charge in [0.2, 0.25) is 0 Å². The van der Waals surface area contributed by atoms with Gasteiger partial charge in [0.05, 0.1) is 0 Å². The molecule has 0 radical (unpaired) electrons. The first-order valence-electron chi connectivity index (χ1n) is 4.20. The molecule has 1 rings (SSSR count). The molecule has 0 atom stereocenters. The van der Waals surface area contributed by atoms with Crippen molar-refractivity contribution in [3.05, 3.63) is 23.0 Å². The maximum Gasteiger partial charge on any atom is 0.151 e. The van der Waals surface area contributed by atoms with Gasteiger partial charge in [-0.15, -0.1) is 10.2 Å². The molecule has 0 bridgehead atoms. The van der Waals surface area contributed by atoms with Crippen molar-refractivity contribution in [3.8, 4) is 0 Å². The molecule has 0 spiro atoms. The highest BCUT2D eigenvalue weighted by molar-refractivity contribution is 7.80. The van der Waals surface area contributed by atoms with Crippen LogP contribution < -0.4 is 5.32 Å². The molecule has 0 aliphatic carbocycles. The van der Waals surface area contributed by atoms with E-state index >= 15 is 0 Å². The molecule has 0 aliphatic heterocycles. The third-order valence-corrected chi connectivity index (χ3v) is 1.87. The molecule has 5 heteroatoms. The Labute approximate surface area is 93.9 Å². The highest BCUT2D eigenvalue weighted by atomic mass is 35.5. The Balaban J connectivity index is 2.76. The molecule has 3 nitrogen and oxygen atoms in total. The summed E-state index contributed by atoms with van der Waals surface area (Å²) >= 11 is 10.8. The number of rotatable bonds is 1.